The molecule has 8 heteroatoms. The lowest BCUT2D eigenvalue weighted by Gasteiger charge is -2.06. The zero-order valence-corrected chi connectivity index (χ0v) is 16.5. The molecule has 3 rings (SSSR count). The summed E-state index contributed by atoms with van der Waals surface area (Å²) in [5, 5.41) is 2.69. The lowest BCUT2D eigenvalue weighted by atomic mass is 10.2. The third kappa shape index (κ3) is 5.74. The second kappa shape index (κ2) is 9.47. The maximum atomic E-state index is 13.8. The first-order chi connectivity index (χ1) is 14.0. The molecule has 0 fully saturated rings. The van der Waals surface area contributed by atoms with E-state index in [1.54, 1.807) is 48.5 Å². The highest BCUT2D eigenvalue weighted by Gasteiger charge is 2.14. The average molecular weight is 416 g/mol. The number of hydrogen-bond donors (Lipinski definition) is 1. The minimum Gasteiger partial charge on any atom is -0.441 e. The molecule has 1 N–H and O–H groups in total. The van der Waals surface area contributed by atoms with Gasteiger partial charge in [-0.2, -0.15) is 0 Å². The fourth-order valence-corrected chi connectivity index (χ4v) is 4.09. The number of carbonyl (C=O) groups is 1. The number of oxazole rings is 1. The molecule has 1 aromatic heterocycles. The highest BCUT2D eigenvalue weighted by Crippen LogP contribution is 2.23. The number of aryl methyl sites for hydroxylation is 1. The molecular weight excluding hydrogens is 395 g/mol. The molecule has 6 nitrogen and oxygen atoms in total. The summed E-state index contributed by atoms with van der Waals surface area (Å²) in [4.78, 5) is 16.3. The number of rotatable bonds is 9. The van der Waals surface area contributed by atoms with Gasteiger partial charge in [-0.3, -0.25) is 4.79 Å². The van der Waals surface area contributed by atoms with Crippen LogP contribution in [-0.2, 0) is 21.1 Å². The van der Waals surface area contributed by atoms with E-state index in [9.17, 15) is 17.6 Å². The molecule has 0 saturated carbocycles. The Morgan fingerprint density at radius 1 is 1.07 bits per heavy atom. The molecular formula is C21H21FN2O4S. The molecule has 0 atom stereocenters. The van der Waals surface area contributed by atoms with Crippen molar-refractivity contribution >= 4 is 15.7 Å². The number of hydrogen-bond acceptors (Lipinski definition) is 5. The van der Waals surface area contributed by atoms with Gasteiger partial charge in [0.2, 0.25) is 5.91 Å². The van der Waals surface area contributed by atoms with E-state index in [0.717, 1.165) is 0 Å². The molecule has 0 spiro atoms. The van der Waals surface area contributed by atoms with Crippen molar-refractivity contribution < 1.29 is 22.0 Å². The molecule has 1 amide bonds. The highest BCUT2D eigenvalue weighted by molar-refractivity contribution is 7.91. The van der Waals surface area contributed by atoms with Gasteiger partial charge in [0.25, 0.3) is 0 Å². The Morgan fingerprint density at radius 2 is 1.79 bits per heavy atom. The van der Waals surface area contributed by atoms with Gasteiger partial charge >= 0.3 is 0 Å². The predicted molar refractivity (Wildman–Crippen MR) is 106 cm³/mol. The van der Waals surface area contributed by atoms with Crippen molar-refractivity contribution in [1.82, 2.24) is 10.3 Å². The molecule has 0 bridgehead atoms. The molecule has 2 aromatic carbocycles. The van der Waals surface area contributed by atoms with Crippen LogP contribution in [-0.4, -0.2) is 31.6 Å². The maximum absolute atomic E-state index is 13.8. The maximum Gasteiger partial charge on any atom is 0.220 e. The summed E-state index contributed by atoms with van der Waals surface area (Å²) >= 11 is 0. The van der Waals surface area contributed by atoms with E-state index in [1.165, 1.54) is 12.3 Å². The predicted octanol–water partition coefficient (Wildman–Crippen LogP) is 3.39. The molecule has 0 aliphatic heterocycles. The number of benzene rings is 2. The van der Waals surface area contributed by atoms with Crippen LogP contribution in [0.5, 0.6) is 0 Å². The van der Waals surface area contributed by atoms with E-state index in [2.05, 4.69) is 10.3 Å². The van der Waals surface area contributed by atoms with Gasteiger partial charge in [-0.05, 0) is 30.7 Å². The van der Waals surface area contributed by atoms with Crippen LogP contribution < -0.4 is 5.32 Å². The quantitative estimate of drug-likeness (QED) is 0.540. The van der Waals surface area contributed by atoms with Crippen LogP contribution in [0, 0.1) is 5.82 Å². The van der Waals surface area contributed by atoms with Gasteiger partial charge in [-0.25, -0.2) is 17.8 Å². The van der Waals surface area contributed by atoms with Gasteiger partial charge < -0.3 is 9.73 Å². The minimum absolute atomic E-state index is 0.0387. The van der Waals surface area contributed by atoms with Crippen molar-refractivity contribution in [3.8, 4) is 11.3 Å². The summed E-state index contributed by atoms with van der Waals surface area (Å²) < 4.78 is 43.6. The number of nitrogens with zero attached hydrogens (tertiary/aromatic N) is 1. The Morgan fingerprint density at radius 3 is 2.55 bits per heavy atom. The third-order valence-electron chi connectivity index (χ3n) is 4.27. The van der Waals surface area contributed by atoms with E-state index in [-0.39, 0.29) is 35.9 Å². The summed E-state index contributed by atoms with van der Waals surface area (Å²) in [5.41, 5.74) is 0.315. The third-order valence-corrected chi connectivity index (χ3v) is 6.09. The summed E-state index contributed by atoms with van der Waals surface area (Å²) in [6.45, 7) is 0.261. The van der Waals surface area contributed by atoms with E-state index in [0.29, 0.717) is 23.6 Å². The Balaban J connectivity index is 1.41. The van der Waals surface area contributed by atoms with Gasteiger partial charge in [-0.15, -0.1) is 0 Å². The van der Waals surface area contributed by atoms with Crippen LogP contribution in [0.3, 0.4) is 0 Å². The molecule has 0 radical (unpaired) electrons. The molecule has 0 aliphatic rings. The van der Waals surface area contributed by atoms with Crippen LogP contribution in [0.15, 0.2) is 70.1 Å². The Hall–Kier alpha value is -3.00. The zero-order valence-electron chi connectivity index (χ0n) is 15.7. The van der Waals surface area contributed by atoms with Gasteiger partial charge in [-0.1, -0.05) is 30.3 Å². The first kappa shape index (κ1) is 20.7. The highest BCUT2D eigenvalue weighted by atomic mass is 32.2. The molecule has 152 valence electrons. The van der Waals surface area contributed by atoms with Crippen molar-refractivity contribution in [2.24, 2.45) is 0 Å². The monoisotopic (exact) mass is 416 g/mol. The van der Waals surface area contributed by atoms with Gasteiger partial charge in [0, 0.05) is 19.4 Å². The van der Waals surface area contributed by atoms with Gasteiger partial charge in [0.05, 0.1) is 22.4 Å². The smallest absolute Gasteiger partial charge is 0.220 e. The van der Waals surface area contributed by atoms with Crippen LogP contribution >= 0.6 is 0 Å². The largest absolute Gasteiger partial charge is 0.441 e. The normalized spacial score (nSPS) is 11.3. The molecule has 0 saturated heterocycles. The number of amides is 1. The number of nitrogens with one attached hydrogen (secondary N) is 1. The van der Waals surface area contributed by atoms with Gasteiger partial charge in [0.1, 0.15) is 5.82 Å². The van der Waals surface area contributed by atoms with Crippen molar-refractivity contribution in [3.05, 3.63) is 72.5 Å². The first-order valence-corrected chi connectivity index (χ1v) is 10.8. The standard InChI is InChI=1S/C21H21FN2O4S/c22-18-10-5-4-9-17(18)19-15-24-21(28-19)12-11-20(25)23-13-6-14-29(26,27)16-7-2-1-3-8-16/h1-5,7-10,15H,6,11-14H2,(H,23,25). The Bertz CT molecular complexity index is 1070. The second-order valence-corrected chi connectivity index (χ2v) is 8.54. The summed E-state index contributed by atoms with van der Waals surface area (Å²) in [6, 6.07) is 14.4. The molecule has 0 unspecified atom stereocenters. The summed E-state index contributed by atoms with van der Waals surface area (Å²) in [5.74, 6) is -0.0240. The average Bonchev–Trinajstić information content (AvgIpc) is 3.19. The number of aromatic nitrogens is 1. The minimum atomic E-state index is -3.35. The van der Waals surface area contributed by atoms with Crippen LogP contribution in [0.1, 0.15) is 18.7 Å². The van der Waals surface area contributed by atoms with Crippen LogP contribution in [0.2, 0.25) is 0 Å². The van der Waals surface area contributed by atoms with Crippen molar-refractivity contribution in [2.45, 2.75) is 24.2 Å². The first-order valence-electron chi connectivity index (χ1n) is 9.20. The van der Waals surface area contributed by atoms with E-state index in [4.69, 9.17) is 4.42 Å². The summed E-state index contributed by atoms with van der Waals surface area (Å²) in [6.07, 6.45) is 2.16. The van der Waals surface area contributed by atoms with E-state index in [1.807, 2.05) is 0 Å². The second-order valence-electron chi connectivity index (χ2n) is 6.43. The SMILES string of the molecule is O=C(CCc1ncc(-c2ccccc2F)o1)NCCCS(=O)(=O)c1ccccc1. The van der Waals surface area contributed by atoms with Gasteiger partial charge in [0.15, 0.2) is 21.5 Å². The van der Waals surface area contributed by atoms with Crippen LogP contribution in [0.25, 0.3) is 11.3 Å². The lowest BCUT2D eigenvalue weighted by Crippen LogP contribution is -2.26. The zero-order chi connectivity index (χ0) is 20.7. The van der Waals surface area contributed by atoms with Crippen molar-refractivity contribution in [1.29, 1.82) is 0 Å². The molecule has 0 aliphatic carbocycles. The topological polar surface area (TPSA) is 89.3 Å². The number of carbonyl (C=O) groups excluding carboxylic acids is 1. The molecule has 29 heavy (non-hydrogen) atoms. The fourth-order valence-electron chi connectivity index (χ4n) is 2.76. The van der Waals surface area contributed by atoms with Crippen LogP contribution in [0.4, 0.5) is 4.39 Å². The van der Waals surface area contributed by atoms with Crippen molar-refractivity contribution in [3.63, 3.8) is 0 Å². The fraction of sp³-hybridized carbons (Fsp3) is 0.238. The Labute approximate surface area is 168 Å². The number of sulfone groups is 1. The molecule has 3 aromatic rings. The number of halogens is 1. The Kier molecular flexibility index (Phi) is 6.77. The van der Waals surface area contributed by atoms with E-state index < -0.39 is 15.7 Å². The molecule has 1 heterocycles. The lowest BCUT2D eigenvalue weighted by molar-refractivity contribution is -0.121. The summed E-state index contributed by atoms with van der Waals surface area (Å²) in [7, 11) is -3.35. The van der Waals surface area contributed by atoms with Crippen molar-refractivity contribution in [2.75, 3.05) is 12.3 Å². The van der Waals surface area contributed by atoms with E-state index >= 15 is 0 Å².